The Hall–Kier alpha value is -2.41. The summed E-state index contributed by atoms with van der Waals surface area (Å²) in [5, 5.41) is 9.35. The van der Waals surface area contributed by atoms with Gasteiger partial charge in [0.25, 0.3) is 0 Å². The molecule has 0 fully saturated rings. The molecule has 0 aliphatic heterocycles. The molecule has 1 aromatic rings. The summed E-state index contributed by atoms with van der Waals surface area (Å²) in [6.45, 7) is 7.22. The predicted molar refractivity (Wildman–Crippen MR) is 112 cm³/mol. The Morgan fingerprint density at radius 2 is 1.60 bits per heavy atom. The van der Waals surface area contributed by atoms with Crippen LogP contribution in [0.4, 0.5) is 0 Å². The zero-order chi connectivity index (χ0) is 22.8. The fourth-order valence-electron chi connectivity index (χ4n) is 3.48. The molecule has 0 heterocycles. The van der Waals surface area contributed by atoms with Crippen molar-refractivity contribution < 1.29 is 33.7 Å². The zero-order valence-electron chi connectivity index (χ0n) is 18.6. The molecule has 0 amide bonds. The SMILES string of the molecule is CCC(C)(CC(C)(CC(C)C(=O)O)C(=O)OCCOC)C(=O)OCc1ccccc1. The Morgan fingerprint density at radius 1 is 1.00 bits per heavy atom. The van der Waals surface area contributed by atoms with Crippen LogP contribution in [-0.4, -0.2) is 43.3 Å². The van der Waals surface area contributed by atoms with E-state index in [1.807, 2.05) is 37.3 Å². The molecule has 1 rings (SSSR count). The number of aliphatic carboxylic acids is 1. The Labute approximate surface area is 178 Å². The second kappa shape index (κ2) is 11.7. The van der Waals surface area contributed by atoms with Crippen LogP contribution in [-0.2, 0) is 35.2 Å². The summed E-state index contributed by atoms with van der Waals surface area (Å²) >= 11 is 0. The first-order valence-electron chi connectivity index (χ1n) is 10.2. The van der Waals surface area contributed by atoms with Crippen LogP contribution in [0.5, 0.6) is 0 Å². The molecule has 168 valence electrons. The maximum atomic E-state index is 12.9. The molecule has 7 heteroatoms. The summed E-state index contributed by atoms with van der Waals surface area (Å²) in [6.07, 6.45) is 0.603. The minimum atomic E-state index is -1.16. The topological polar surface area (TPSA) is 99.1 Å². The first kappa shape index (κ1) is 25.6. The highest BCUT2D eigenvalue weighted by molar-refractivity contribution is 5.81. The van der Waals surface area contributed by atoms with E-state index in [-0.39, 0.29) is 32.7 Å². The molecule has 0 saturated heterocycles. The normalized spacial score (nSPS) is 16.0. The number of ether oxygens (including phenoxy) is 3. The van der Waals surface area contributed by atoms with Crippen molar-refractivity contribution in [3.63, 3.8) is 0 Å². The minimum Gasteiger partial charge on any atom is -0.481 e. The lowest BCUT2D eigenvalue weighted by Crippen LogP contribution is -2.42. The van der Waals surface area contributed by atoms with E-state index in [2.05, 4.69) is 0 Å². The number of benzene rings is 1. The van der Waals surface area contributed by atoms with Crippen molar-refractivity contribution in [2.45, 2.75) is 53.6 Å². The van der Waals surface area contributed by atoms with Crippen molar-refractivity contribution in [3.8, 4) is 0 Å². The van der Waals surface area contributed by atoms with Gasteiger partial charge in [-0.3, -0.25) is 14.4 Å². The first-order chi connectivity index (χ1) is 14.1. The third-order valence-corrected chi connectivity index (χ3v) is 5.46. The summed E-state index contributed by atoms with van der Waals surface area (Å²) in [6, 6.07) is 9.33. The fraction of sp³-hybridized carbons (Fsp3) is 0.609. The van der Waals surface area contributed by atoms with Crippen LogP contribution < -0.4 is 0 Å². The van der Waals surface area contributed by atoms with Gasteiger partial charge in [0.1, 0.15) is 13.2 Å². The molecule has 3 atom stereocenters. The lowest BCUT2D eigenvalue weighted by Gasteiger charge is -2.37. The molecule has 3 unspecified atom stereocenters. The van der Waals surface area contributed by atoms with E-state index < -0.39 is 34.7 Å². The van der Waals surface area contributed by atoms with Crippen molar-refractivity contribution in [3.05, 3.63) is 35.9 Å². The number of carboxylic acids is 1. The smallest absolute Gasteiger partial charge is 0.312 e. The van der Waals surface area contributed by atoms with Crippen LogP contribution in [0, 0.1) is 16.7 Å². The molecule has 7 nitrogen and oxygen atoms in total. The minimum absolute atomic E-state index is 0.0513. The number of esters is 2. The molecule has 30 heavy (non-hydrogen) atoms. The van der Waals surface area contributed by atoms with E-state index >= 15 is 0 Å². The van der Waals surface area contributed by atoms with E-state index in [1.54, 1.807) is 20.8 Å². The van der Waals surface area contributed by atoms with Crippen molar-refractivity contribution in [1.82, 2.24) is 0 Å². The number of hydrogen-bond acceptors (Lipinski definition) is 6. The molecule has 0 aliphatic rings. The van der Waals surface area contributed by atoms with Gasteiger partial charge in [-0.25, -0.2) is 0 Å². The summed E-state index contributed by atoms with van der Waals surface area (Å²) in [5.74, 6) is -2.74. The van der Waals surface area contributed by atoms with Gasteiger partial charge < -0.3 is 19.3 Å². The monoisotopic (exact) mass is 422 g/mol. The third kappa shape index (κ3) is 7.44. The lowest BCUT2D eigenvalue weighted by molar-refractivity contribution is -0.167. The van der Waals surface area contributed by atoms with Crippen LogP contribution in [0.1, 0.15) is 52.5 Å². The Morgan fingerprint density at radius 3 is 2.13 bits per heavy atom. The number of carbonyl (C=O) groups excluding carboxylic acids is 2. The molecular formula is C23H34O7. The second-order valence-electron chi connectivity index (χ2n) is 8.29. The fourth-order valence-corrected chi connectivity index (χ4v) is 3.48. The van der Waals surface area contributed by atoms with Crippen molar-refractivity contribution in [2.24, 2.45) is 16.7 Å². The molecular weight excluding hydrogens is 388 g/mol. The average Bonchev–Trinajstić information content (AvgIpc) is 2.72. The Balaban J connectivity index is 3.00. The standard InChI is InChI=1S/C23H34O7/c1-6-22(3,20(26)30-15-18-10-8-7-9-11-18)16-23(4,14-17(2)19(24)25)21(27)29-13-12-28-5/h7-11,17H,6,12-16H2,1-5H3,(H,24,25). The summed E-state index contributed by atoms with van der Waals surface area (Å²) in [7, 11) is 1.50. The summed E-state index contributed by atoms with van der Waals surface area (Å²) in [4.78, 5) is 37.2. The molecule has 1 aromatic carbocycles. The predicted octanol–water partition coefficient (Wildman–Crippen LogP) is 3.84. The number of hydrogen-bond donors (Lipinski definition) is 1. The largest absolute Gasteiger partial charge is 0.481 e. The van der Waals surface area contributed by atoms with Gasteiger partial charge in [0.15, 0.2) is 0 Å². The Bertz CT molecular complexity index is 703. The molecule has 0 spiro atoms. The van der Waals surface area contributed by atoms with Crippen LogP contribution in [0.15, 0.2) is 30.3 Å². The highest BCUT2D eigenvalue weighted by Gasteiger charge is 2.46. The molecule has 0 bridgehead atoms. The van der Waals surface area contributed by atoms with E-state index in [0.29, 0.717) is 6.42 Å². The summed E-state index contributed by atoms with van der Waals surface area (Å²) < 4.78 is 15.8. The maximum absolute atomic E-state index is 12.9. The highest BCUT2D eigenvalue weighted by atomic mass is 16.6. The van der Waals surface area contributed by atoms with Gasteiger partial charge in [-0.1, -0.05) is 44.2 Å². The third-order valence-electron chi connectivity index (χ3n) is 5.46. The molecule has 1 N–H and O–H groups in total. The van der Waals surface area contributed by atoms with Gasteiger partial charge in [0, 0.05) is 7.11 Å². The van der Waals surface area contributed by atoms with E-state index in [9.17, 15) is 19.5 Å². The van der Waals surface area contributed by atoms with Crippen molar-refractivity contribution in [2.75, 3.05) is 20.3 Å². The molecule has 0 radical (unpaired) electrons. The van der Waals surface area contributed by atoms with E-state index in [0.717, 1.165) is 5.56 Å². The quantitative estimate of drug-likeness (QED) is 0.381. The molecule has 0 aromatic heterocycles. The van der Waals surface area contributed by atoms with Crippen molar-refractivity contribution in [1.29, 1.82) is 0 Å². The second-order valence-corrected chi connectivity index (χ2v) is 8.29. The van der Waals surface area contributed by atoms with E-state index in [4.69, 9.17) is 14.2 Å². The van der Waals surface area contributed by atoms with Crippen LogP contribution in [0.2, 0.25) is 0 Å². The van der Waals surface area contributed by atoms with Gasteiger partial charge in [-0.15, -0.1) is 0 Å². The van der Waals surface area contributed by atoms with Gasteiger partial charge >= 0.3 is 17.9 Å². The number of methoxy groups -OCH3 is 1. The average molecular weight is 423 g/mol. The van der Waals surface area contributed by atoms with Gasteiger partial charge in [0.2, 0.25) is 0 Å². The van der Waals surface area contributed by atoms with Crippen LogP contribution in [0.3, 0.4) is 0 Å². The highest BCUT2D eigenvalue weighted by Crippen LogP contribution is 2.42. The zero-order valence-corrected chi connectivity index (χ0v) is 18.6. The summed E-state index contributed by atoms with van der Waals surface area (Å²) in [5.41, 5.74) is -1.27. The Kier molecular flexibility index (Phi) is 9.99. The maximum Gasteiger partial charge on any atom is 0.312 e. The van der Waals surface area contributed by atoms with Crippen LogP contribution >= 0.6 is 0 Å². The van der Waals surface area contributed by atoms with Crippen molar-refractivity contribution >= 4 is 17.9 Å². The number of rotatable bonds is 13. The van der Waals surface area contributed by atoms with E-state index in [1.165, 1.54) is 7.11 Å². The lowest BCUT2D eigenvalue weighted by atomic mass is 9.68. The number of carboxylic acid groups (broad SMARTS) is 1. The number of carbonyl (C=O) groups is 3. The van der Waals surface area contributed by atoms with Gasteiger partial charge in [-0.2, -0.15) is 0 Å². The molecule has 0 saturated carbocycles. The first-order valence-corrected chi connectivity index (χ1v) is 10.2. The van der Waals surface area contributed by atoms with Gasteiger partial charge in [0.05, 0.1) is 23.4 Å². The van der Waals surface area contributed by atoms with Gasteiger partial charge in [-0.05, 0) is 38.7 Å². The molecule has 0 aliphatic carbocycles. The van der Waals surface area contributed by atoms with Crippen LogP contribution in [0.25, 0.3) is 0 Å².